The van der Waals surface area contributed by atoms with Crippen LogP contribution in [0.1, 0.15) is 40.0 Å². The van der Waals surface area contributed by atoms with Crippen LogP contribution in [0.5, 0.6) is 0 Å². The minimum atomic E-state index is -0.518. The molecule has 112 valence electrons. The summed E-state index contributed by atoms with van der Waals surface area (Å²) in [6.45, 7) is 7.05. The first-order valence-corrected chi connectivity index (χ1v) is 6.94. The predicted octanol–water partition coefficient (Wildman–Crippen LogP) is 2.95. The molecule has 0 aliphatic rings. The normalized spacial score (nSPS) is 13.1. The van der Waals surface area contributed by atoms with Gasteiger partial charge in [-0.1, -0.05) is 20.8 Å². The second-order valence-corrected chi connectivity index (χ2v) is 6.08. The molecule has 0 saturated carbocycles. The number of carbonyl (C=O) groups is 1. The molecule has 0 aliphatic heterocycles. The number of amides is 1. The van der Waals surface area contributed by atoms with E-state index in [9.17, 15) is 9.18 Å². The smallest absolute Gasteiger partial charge is 0.224 e. The number of aromatic nitrogens is 1. The molecule has 4 nitrogen and oxygen atoms in total. The Balaban J connectivity index is 2.52. The number of hydrogen-bond donors (Lipinski definition) is 2. The van der Waals surface area contributed by atoms with Crippen LogP contribution in [0.3, 0.4) is 0 Å². The summed E-state index contributed by atoms with van der Waals surface area (Å²) in [6.07, 6.45) is 4.54. The third kappa shape index (κ3) is 5.25. The molecule has 1 amide bonds. The molecule has 0 fully saturated rings. The van der Waals surface area contributed by atoms with Gasteiger partial charge in [0.2, 0.25) is 5.91 Å². The highest BCUT2D eigenvalue weighted by molar-refractivity contribution is 5.90. The highest BCUT2D eigenvalue weighted by Crippen LogP contribution is 2.32. The van der Waals surface area contributed by atoms with Crippen LogP contribution in [-0.2, 0) is 4.79 Å². The van der Waals surface area contributed by atoms with Crippen molar-refractivity contribution in [3.63, 3.8) is 0 Å². The van der Waals surface area contributed by atoms with E-state index in [4.69, 9.17) is 5.73 Å². The second-order valence-electron chi connectivity index (χ2n) is 6.08. The first kappa shape index (κ1) is 16.6. The fourth-order valence-electron chi connectivity index (χ4n) is 2.21. The van der Waals surface area contributed by atoms with Crippen LogP contribution < -0.4 is 11.1 Å². The van der Waals surface area contributed by atoms with E-state index in [1.165, 1.54) is 12.3 Å². The van der Waals surface area contributed by atoms with Crippen molar-refractivity contribution in [2.24, 2.45) is 17.1 Å². The largest absolute Gasteiger partial charge is 0.330 e. The molecule has 1 aromatic rings. The Hall–Kier alpha value is -1.49. The summed E-state index contributed by atoms with van der Waals surface area (Å²) in [5.74, 6) is -0.322. The minimum absolute atomic E-state index is 0.113. The molecule has 0 radical (unpaired) electrons. The number of carbonyl (C=O) groups excluding carboxylic acids is 1. The molecule has 5 heteroatoms. The van der Waals surface area contributed by atoms with Gasteiger partial charge in [0.1, 0.15) is 0 Å². The Labute approximate surface area is 120 Å². The first-order valence-electron chi connectivity index (χ1n) is 6.94. The molecular formula is C15H24FN3O. The Bertz CT molecular complexity index is 443. The van der Waals surface area contributed by atoms with E-state index in [1.54, 1.807) is 0 Å². The number of anilines is 1. The van der Waals surface area contributed by atoms with Gasteiger partial charge in [0.15, 0.2) is 5.82 Å². The highest BCUT2D eigenvalue weighted by atomic mass is 19.1. The maximum absolute atomic E-state index is 13.4. The average Bonchev–Trinajstić information content (AvgIpc) is 2.36. The molecular weight excluding hydrogens is 257 g/mol. The fraction of sp³-hybridized carbons (Fsp3) is 0.600. The predicted molar refractivity (Wildman–Crippen MR) is 78.7 cm³/mol. The van der Waals surface area contributed by atoms with Crippen LogP contribution in [0.25, 0.3) is 0 Å². The van der Waals surface area contributed by atoms with Crippen molar-refractivity contribution >= 4 is 11.6 Å². The van der Waals surface area contributed by atoms with E-state index in [1.807, 2.05) is 0 Å². The van der Waals surface area contributed by atoms with Crippen LogP contribution in [0.2, 0.25) is 0 Å². The number of halogens is 1. The molecule has 0 spiro atoms. The van der Waals surface area contributed by atoms with E-state index in [-0.39, 0.29) is 17.0 Å². The molecule has 20 heavy (non-hydrogen) atoms. The first-order chi connectivity index (χ1) is 9.34. The Morgan fingerprint density at radius 1 is 1.45 bits per heavy atom. The van der Waals surface area contributed by atoms with Gasteiger partial charge in [-0.05, 0) is 36.8 Å². The van der Waals surface area contributed by atoms with Gasteiger partial charge in [0.05, 0.1) is 11.9 Å². The van der Waals surface area contributed by atoms with Gasteiger partial charge in [-0.25, -0.2) is 4.39 Å². The van der Waals surface area contributed by atoms with Gasteiger partial charge < -0.3 is 11.1 Å². The van der Waals surface area contributed by atoms with Gasteiger partial charge in [-0.3, -0.25) is 9.78 Å². The lowest BCUT2D eigenvalue weighted by Crippen LogP contribution is -2.25. The molecule has 3 N–H and O–H groups in total. The van der Waals surface area contributed by atoms with Crippen molar-refractivity contribution in [2.45, 2.75) is 40.0 Å². The second kappa shape index (κ2) is 7.33. The molecule has 1 rings (SSSR count). The SMILES string of the molecule is CC(C)(C)C(CCN)CCC(=O)Nc1ccncc1F. The minimum Gasteiger partial charge on any atom is -0.330 e. The summed E-state index contributed by atoms with van der Waals surface area (Å²) in [7, 11) is 0. The van der Waals surface area contributed by atoms with Gasteiger partial charge in [-0.2, -0.15) is 0 Å². The molecule has 1 aromatic heterocycles. The van der Waals surface area contributed by atoms with Crippen molar-refractivity contribution in [3.05, 3.63) is 24.3 Å². The van der Waals surface area contributed by atoms with Crippen LogP contribution in [0.15, 0.2) is 18.5 Å². The summed E-state index contributed by atoms with van der Waals surface area (Å²) in [5, 5.41) is 2.57. The maximum atomic E-state index is 13.4. The fourth-order valence-corrected chi connectivity index (χ4v) is 2.21. The molecule has 0 saturated heterocycles. The van der Waals surface area contributed by atoms with Crippen molar-refractivity contribution in [3.8, 4) is 0 Å². The van der Waals surface area contributed by atoms with Crippen LogP contribution in [-0.4, -0.2) is 17.4 Å². The Morgan fingerprint density at radius 3 is 2.70 bits per heavy atom. The van der Waals surface area contributed by atoms with Gasteiger partial charge in [-0.15, -0.1) is 0 Å². The summed E-state index contributed by atoms with van der Waals surface area (Å²) >= 11 is 0. The lowest BCUT2D eigenvalue weighted by atomic mass is 9.76. The molecule has 0 aromatic carbocycles. The molecule has 0 aliphatic carbocycles. The summed E-state index contributed by atoms with van der Waals surface area (Å²) in [4.78, 5) is 15.5. The zero-order valence-corrected chi connectivity index (χ0v) is 12.4. The van der Waals surface area contributed by atoms with E-state index in [2.05, 4.69) is 31.1 Å². The molecule has 1 heterocycles. The maximum Gasteiger partial charge on any atom is 0.224 e. The Morgan fingerprint density at radius 2 is 2.15 bits per heavy atom. The number of nitrogens with one attached hydrogen (secondary N) is 1. The summed E-state index contributed by atoms with van der Waals surface area (Å²) in [6, 6.07) is 1.45. The number of pyridine rings is 1. The Kier molecular flexibility index (Phi) is 6.07. The highest BCUT2D eigenvalue weighted by Gasteiger charge is 2.24. The van der Waals surface area contributed by atoms with Gasteiger partial charge >= 0.3 is 0 Å². The lowest BCUT2D eigenvalue weighted by Gasteiger charge is -2.30. The van der Waals surface area contributed by atoms with Gasteiger partial charge in [0.25, 0.3) is 0 Å². The van der Waals surface area contributed by atoms with Gasteiger partial charge in [0, 0.05) is 12.6 Å². The molecule has 1 atom stereocenters. The van der Waals surface area contributed by atoms with Crippen LogP contribution in [0.4, 0.5) is 10.1 Å². The number of hydrogen-bond acceptors (Lipinski definition) is 3. The van der Waals surface area contributed by atoms with E-state index in [0.29, 0.717) is 18.9 Å². The topological polar surface area (TPSA) is 68.0 Å². The standard InChI is InChI=1S/C15H24FN3O/c1-15(2,3)11(6-8-17)4-5-14(20)19-13-7-9-18-10-12(13)16/h7,9-11H,4-6,8,17H2,1-3H3,(H,18,19,20). The van der Waals surface area contributed by atoms with Crippen molar-refractivity contribution in [1.82, 2.24) is 4.98 Å². The molecule has 0 bridgehead atoms. The van der Waals surface area contributed by atoms with E-state index < -0.39 is 5.82 Å². The number of nitrogens with zero attached hydrogens (tertiary/aromatic N) is 1. The number of rotatable bonds is 6. The monoisotopic (exact) mass is 281 g/mol. The summed E-state index contributed by atoms with van der Waals surface area (Å²) in [5.41, 5.74) is 5.91. The quantitative estimate of drug-likeness (QED) is 0.842. The van der Waals surface area contributed by atoms with Crippen LogP contribution >= 0.6 is 0 Å². The average molecular weight is 281 g/mol. The molecule has 1 unspecified atom stereocenters. The van der Waals surface area contributed by atoms with Crippen molar-refractivity contribution in [1.29, 1.82) is 0 Å². The summed E-state index contributed by atoms with van der Waals surface area (Å²) < 4.78 is 13.4. The van der Waals surface area contributed by atoms with Crippen molar-refractivity contribution in [2.75, 3.05) is 11.9 Å². The van der Waals surface area contributed by atoms with E-state index >= 15 is 0 Å². The lowest BCUT2D eigenvalue weighted by molar-refractivity contribution is -0.116. The zero-order chi connectivity index (χ0) is 15.2. The zero-order valence-electron chi connectivity index (χ0n) is 12.4. The van der Waals surface area contributed by atoms with Crippen LogP contribution in [0, 0.1) is 17.2 Å². The third-order valence-electron chi connectivity index (χ3n) is 3.51. The van der Waals surface area contributed by atoms with Crippen molar-refractivity contribution < 1.29 is 9.18 Å². The van der Waals surface area contributed by atoms with E-state index in [0.717, 1.165) is 19.0 Å². The third-order valence-corrected chi connectivity index (χ3v) is 3.51. The number of nitrogens with two attached hydrogens (primary N) is 1.